The molecule has 26 heavy (non-hydrogen) atoms. The lowest BCUT2D eigenvalue weighted by molar-refractivity contribution is -0.216. The van der Waals surface area contributed by atoms with Gasteiger partial charge in [-0.1, -0.05) is 30.3 Å². The van der Waals surface area contributed by atoms with E-state index in [1.807, 2.05) is 0 Å². The van der Waals surface area contributed by atoms with Crippen LogP contribution in [0.1, 0.15) is 21.5 Å². The lowest BCUT2D eigenvalue weighted by atomic mass is 9.87. The lowest BCUT2D eigenvalue weighted by Crippen LogP contribution is -2.69. The molecule has 2 aromatic rings. The Balaban J connectivity index is 2.16. The van der Waals surface area contributed by atoms with Gasteiger partial charge in [-0.05, 0) is 36.2 Å². The number of carbonyl (C=O) groups is 1. The van der Waals surface area contributed by atoms with Crippen molar-refractivity contribution < 1.29 is 23.1 Å². The van der Waals surface area contributed by atoms with E-state index >= 15 is 0 Å². The largest absolute Gasteiger partial charge is 0.430 e. The van der Waals surface area contributed by atoms with Crippen LogP contribution in [0.25, 0.3) is 0 Å². The van der Waals surface area contributed by atoms with E-state index in [9.17, 15) is 23.1 Å². The molecule has 0 fully saturated rings. The number of halogens is 3. The summed E-state index contributed by atoms with van der Waals surface area (Å²) in [7, 11) is 0. The molecule has 138 valence electrons. The van der Waals surface area contributed by atoms with Gasteiger partial charge in [0.25, 0.3) is 5.91 Å². The highest BCUT2D eigenvalue weighted by Gasteiger charge is 2.62. The maximum atomic E-state index is 14.3. The number of anilines is 1. The second kappa shape index (κ2) is 6.64. The fraction of sp³-hybridized carbons (Fsp3) is 0.316. The molecule has 3 rings (SSSR count). The van der Waals surface area contributed by atoms with Crippen LogP contribution < -0.4 is 5.32 Å². The predicted octanol–water partition coefficient (Wildman–Crippen LogP) is 3.36. The molecule has 0 spiro atoms. The van der Waals surface area contributed by atoms with E-state index in [0.29, 0.717) is 10.5 Å². The molecule has 0 saturated carbocycles. The van der Waals surface area contributed by atoms with Crippen molar-refractivity contribution in [2.24, 2.45) is 0 Å². The number of β-amino-alcohol motifs (C(OH)–C–C–N with tert-alkyl or cyclic N) is 1. The van der Waals surface area contributed by atoms with Gasteiger partial charge in [0.05, 0.1) is 6.61 Å². The average Bonchev–Trinajstić information content (AvgIpc) is 2.57. The van der Waals surface area contributed by atoms with Gasteiger partial charge in [0.15, 0.2) is 0 Å². The van der Waals surface area contributed by atoms with Crippen LogP contribution in [0.2, 0.25) is 0 Å². The molecule has 7 heteroatoms. The molecule has 4 nitrogen and oxygen atoms in total. The van der Waals surface area contributed by atoms with Gasteiger partial charge in [0.2, 0.25) is 5.66 Å². The summed E-state index contributed by atoms with van der Waals surface area (Å²) in [5.41, 5.74) is -1.02. The number of nitrogens with zero attached hydrogens (tertiary/aromatic N) is 1. The Labute approximate surface area is 149 Å². The molecule has 1 heterocycles. The number of nitrogens with one attached hydrogen (secondary N) is 1. The summed E-state index contributed by atoms with van der Waals surface area (Å²) in [6.45, 7) is 0.783. The number of benzene rings is 2. The van der Waals surface area contributed by atoms with Crippen molar-refractivity contribution in [3.8, 4) is 0 Å². The Hall–Kier alpha value is -2.54. The van der Waals surface area contributed by atoms with Crippen molar-refractivity contribution in [2.45, 2.75) is 25.2 Å². The maximum absolute atomic E-state index is 14.3. The molecule has 1 atom stereocenters. The highest BCUT2D eigenvalue weighted by Crippen LogP contribution is 2.43. The number of fused-ring (bicyclic) bond motifs is 1. The molecular formula is C19H19F3N2O2. The van der Waals surface area contributed by atoms with Crippen LogP contribution in [0.5, 0.6) is 0 Å². The van der Waals surface area contributed by atoms with Crippen molar-refractivity contribution in [3.63, 3.8) is 0 Å². The number of amides is 1. The van der Waals surface area contributed by atoms with Gasteiger partial charge >= 0.3 is 6.18 Å². The molecule has 2 aromatic carbocycles. The standard InChI is InChI=1S/C19H19F3N2O2/c1-13-5-4-7-15(11-13)23-18(19(20,21)22)12-14-6-2-3-8-16(14)17(26)24(18)9-10-25/h2-8,11,23,25H,9-10,12H2,1H3. The fourth-order valence-electron chi connectivity index (χ4n) is 3.36. The lowest BCUT2D eigenvalue weighted by Gasteiger charge is -2.48. The van der Waals surface area contributed by atoms with Crippen LogP contribution in [0.4, 0.5) is 18.9 Å². The minimum Gasteiger partial charge on any atom is -0.395 e. The second-order valence-electron chi connectivity index (χ2n) is 6.37. The third-order valence-corrected chi connectivity index (χ3v) is 4.56. The van der Waals surface area contributed by atoms with Crippen LogP contribution in [-0.4, -0.2) is 40.9 Å². The summed E-state index contributed by atoms with van der Waals surface area (Å²) >= 11 is 0. The topological polar surface area (TPSA) is 52.6 Å². The number of hydrogen-bond donors (Lipinski definition) is 2. The number of aryl methyl sites for hydroxylation is 1. The van der Waals surface area contributed by atoms with Crippen LogP contribution in [0.3, 0.4) is 0 Å². The molecule has 1 aliphatic heterocycles. The van der Waals surface area contributed by atoms with Gasteiger partial charge in [-0.2, -0.15) is 13.2 Å². The van der Waals surface area contributed by atoms with Crippen molar-refractivity contribution in [1.29, 1.82) is 0 Å². The zero-order chi connectivity index (χ0) is 18.9. The summed E-state index contributed by atoms with van der Waals surface area (Å²) in [5, 5.41) is 11.9. The first-order valence-corrected chi connectivity index (χ1v) is 8.21. The maximum Gasteiger partial charge on any atom is 0.430 e. The second-order valence-corrected chi connectivity index (χ2v) is 6.37. The van der Waals surface area contributed by atoms with Crippen LogP contribution in [-0.2, 0) is 6.42 Å². The van der Waals surface area contributed by atoms with Crippen molar-refractivity contribution in [3.05, 3.63) is 65.2 Å². The Kier molecular flexibility index (Phi) is 4.66. The summed E-state index contributed by atoms with van der Waals surface area (Å²) in [6, 6.07) is 12.8. The summed E-state index contributed by atoms with van der Waals surface area (Å²) < 4.78 is 42.9. The first kappa shape index (κ1) is 18.3. The summed E-state index contributed by atoms with van der Waals surface area (Å²) in [5.74, 6) is -0.752. The summed E-state index contributed by atoms with van der Waals surface area (Å²) in [4.78, 5) is 13.5. The van der Waals surface area contributed by atoms with Crippen LogP contribution >= 0.6 is 0 Å². The summed E-state index contributed by atoms with van der Waals surface area (Å²) in [6.07, 6.45) is -5.19. The number of hydrogen-bond acceptors (Lipinski definition) is 3. The predicted molar refractivity (Wildman–Crippen MR) is 91.9 cm³/mol. The zero-order valence-corrected chi connectivity index (χ0v) is 14.2. The van der Waals surface area contributed by atoms with Gasteiger partial charge in [0, 0.05) is 24.2 Å². The Bertz CT molecular complexity index is 822. The number of alkyl halides is 3. The molecule has 0 aliphatic carbocycles. The Morgan fingerprint density at radius 3 is 2.58 bits per heavy atom. The molecule has 2 N–H and O–H groups in total. The molecule has 0 radical (unpaired) electrons. The van der Waals surface area contributed by atoms with E-state index in [1.165, 1.54) is 18.2 Å². The molecule has 1 aliphatic rings. The van der Waals surface area contributed by atoms with Gasteiger partial charge in [-0.25, -0.2) is 0 Å². The van der Waals surface area contributed by atoms with E-state index in [1.54, 1.807) is 37.3 Å². The number of rotatable bonds is 4. The monoisotopic (exact) mass is 364 g/mol. The number of aliphatic hydroxyl groups is 1. The number of carbonyl (C=O) groups excluding carboxylic acids is 1. The Morgan fingerprint density at radius 1 is 1.19 bits per heavy atom. The van der Waals surface area contributed by atoms with Gasteiger partial charge in [-0.15, -0.1) is 0 Å². The molecule has 0 bridgehead atoms. The number of aliphatic hydroxyl groups excluding tert-OH is 1. The van der Waals surface area contributed by atoms with Crippen molar-refractivity contribution in [1.82, 2.24) is 4.90 Å². The highest BCUT2D eigenvalue weighted by atomic mass is 19.4. The van der Waals surface area contributed by atoms with E-state index in [2.05, 4.69) is 5.32 Å². The molecule has 1 amide bonds. The first-order valence-electron chi connectivity index (χ1n) is 8.21. The van der Waals surface area contributed by atoms with E-state index in [-0.39, 0.29) is 11.3 Å². The normalized spacial score (nSPS) is 20.0. The third kappa shape index (κ3) is 3.03. The minimum atomic E-state index is -4.75. The molecule has 0 aromatic heterocycles. The SMILES string of the molecule is Cc1cccc(NC2(C(F)(F)F)Cc3ccccc3C(=O)N2CCO)c1. The molecule has 0 saturated heterocycles. The van der Waals surface area contributed by atoms with Crippen molar-refractivity contribution in [2.75, 3.05) is 18.5 Å². The average molecular weight is 364 g/mol. The fourth-order valence-corrected chi connectivity index (χ4v) is 3.36. The Morgan fingerprint density at radius 2 is 1.92 bits per heavy atom. The van der Waals surface area contributed by atoms with E-state index < -0.39 is 37.3 Å². The van der Waals surface area contributed by atoms with Gasteiger partial charge in [-0.3, -0.25) is 4.79 Å². The molecule has 1 unspecified atom stereocenters. The third-order valence-electron chi connectivity index (χ3n) is 4.56. The zero-order valence-electron chi connectivity index (χ0n) is 14.2. The first-order chi connectivity index (χ1) is 12.3. The van der Waals surface area contributed by atoms with Gasteiger partial charge < -0.3 is 15.3 Å². The van der Waals surface area contributed by atoms with E-state index in [4.69, 9.17) is 0 Å². The van der Waals surface area contributed by atoms with E-state index in [0.717, 1.165) is 5.56 Å². The minimum absolute atomic E-state index is 0.229. The molecular weight excluding hydrogens is 345 g/mol. The van der Waals surface area contributed by atoms with Crippen molar-refractivity contribution >= 4 is 11.6 Å². The van der Waals surface area contributed by atoms with Crippen LogP contribution in [0, 0.1) is 6.92 Å². The smallest absolute Gasteiger partial charge is 0.395 e. The quantitative estimate of drug-likeness (QED) is 0.875. The highest BCUT2D eigenvalue weighted by molar-refractivity contribution is 5.98. The van der Waals surface area contributed by atoms with Crippen LogP contribution in [0.15, 0.2) is 48.5 Å². The van der Waals surface area contributed by atoms with Gasteiger partial charge in [0.1, 0.15) is 0 Å².